The van der Waals surface area contributed by atoms with E-state index in [-0.39, 0.29) is 5.69 Å². The van der Waals surface area contributed by atoms with Crippen LogP contribution in [0.3, 0.4) is 0 Å². The Bertz CT molecular complexity index is 1070. The molecule has 0 aliphatic carbocycles. The minimum atomic E-state index is 0.262. The summed E-state index contributed by atoms with van der Waals surface area (Å²) < 4.78 is 11.8. The molecular formula is C23H27N7O2. The molecule has 1 aromatic carbocycles. The van der Waals surface area contributed by atoms with Crippen LogP contribution in [0.4, 0.5) is 11.6 Å². The van der Waals surface area contributed by atoms with Gasteiger partial charge in [-0.3, -0.25) is 5.10 Å². The van der Waals surface area contributed by atoms with E-state index in [1.807, 2.05) is 24.3 Å². The van der Waals surface area contributed by atoms with Crippen molar-refractivity contribution in [3.8, 4) is 23.1 Å². The third-order valence-electron chi connectivity index (χ3n) is 5.62. The summed E-state index contributed by atoms with van der Waals surface area (Å²) in [5, 5.41) is 19.2. The van der Waals surface area contributed by atoms with Gasteiger partial charge in [-0.2, -0.15) is 10.4 Å². The van der Waals surface area contributed by atoms with Gasteiger partial charge in [0.25, 0.3) is 0 Å². The van der Waals surface area contributed by atoms with Gasteiger partial charge in [-0.25, -0.2) is 9.97 Å². The second-order valence-corrected chi connectivity index (χ2v) is 7.67. The van der Waals surface area contributed by atoms with Crippen LogP contribution in [-0.2, 0) is 11.3 Å². The molecule has 0 saturated carbocycles. The van der Waals surface area contributed by atoms with Gasteiger partial charge in [-0.05, 0) is 37.1 Å². The highest BCUT2D eigenvalue weighted by Crippen LogP contribution is 2.31. The van der Waals surface area contributed by atoms with E-state index in [0.29, 0.717) is 24.3 Å². The van der Waals surface area contributed by atoms with E-state index < -0.39 is 0 Å². The molecule has 1 saturated heterocycles. The van der Waals surface area contributed by atoms with Gasteiger partial charge in [0.1, 0.15) is 17.6 Å². The number of aromatic amines is 1. The lowest BCUT2D eigenvalue weighted by Gasteiger charge is -2.31. The Balaban J connectivity index is 1.40. The van der Waals surface area contributed by atoms with Crippen LogP contribution < -0.4 is 10.1 Å². The van der Waals surface area contributed by atoms with Crippen molar-refractivity contribution >= 4 is 11.6 Å². The molecule has 9 nitrogen and oxygen atoms in total. The Morgan fingerprint density at radius 2 is 2.03 bits per heavy atom. The van der Waals surface area contributed by atoms with Gasteiger partial charge in [-0.1, -0.05) is 13.0 Å². The number of likely N-dealkylation sites (tertiary alicyclic amines) is 1. The number of nitriles is 1. The van der Waals surface area contributed by atoms with Crippen LogP contribution in [0.1, 0.15) is 31.0 Å². The van der Waals surface area contributed by atoms with E-state index in [2.05, 4.69) is 43.4 Å². The Morgan fingerprint density at radius 3 is 2.72 bits per heavy atom. The monoisotopic (exact) mass is 433 g/mol. The van der Waals surface area contributed by atoms with E-state index >= 15 is 0 Å². The number of H-pyrrole nitrogens is 1. The van der Waals surface area contributed by atoms with E-state index in [1.54, 1.807) is 7.11 Å². The van der Waals surface area contributed by atoms with Crippen molar-refractivity contribution in [2.45, 2.75) is 32.5 Å². The first-order valence-corrected chi connectivity index (χ1v) is 10.7. The second-order valence-electron chi connectivity index (χ2n) is 7.67. The molecule has 0 unspecified atom stereocenters. The third kappa shape index (κ3) is 5.22. The number of benzene rings is 1. The predicted octanol–water partition coefficient (Wildman–Crippen LogP) is 3.49. The van der Waals surface area contributed by atoms with Crippen molar-refractivity contribution in [3.63, 3.8) is 0 Å². The number of nitrogens with one attached hydrogen (secondary N) is 2. The molecule has 1 fully saturated rings. The Morgan fingerprint density at radius 1 is 1.19 bits per heavy atom. The van der Waals surface area contributed by atoms with Gasteiger partial charge in [0.05, 0.1) is 37.9 Å². The molecule has 3 aromatic rings. The SMILES string of the molecule is CCN1CCC(OCc2ccc(-c3cc(Nc4cnc(C#N)cn4)n[nH]3)c(OC)c2)CC1. The average Bonchev–Trinajstić information content (AvgIpc) is 3.31. The summed E-state index contributed by atoms with van der Waals surface area (Å²) in [4.78, 5) is 10.6. The minimum Gasteiger partial charge on any atom is -0.496 e. The number of hydrogen-bond acceptors (Lipinski definition) is 8. The molecule has 0 atom stereocenters. The van der Waals surface area contributed by atoms with Crippen LogP contribution in [-0.4, -0.2) is 57.9 Å². The number of anilines is 2. The van der Waals surface area contributed by atoms with Gasteiger partial charge < -0.3 is 19.7 Å². The van der Waals surface area contributed by atoms with Crippen molar-refractivity contribution in [1.29, 1.82) is 5.26 Å². The zero-order chi connectivity index (χ0) is 22.3. The summed E-state index contributed by atoms with van der Waals surface area (Å²) in [6.45, 7) is 6.09. The van der Waals surface area contributed by atoms with Crippen LogP contribution in [0.15, 0.2) is 36.7 Å². The zero-order valence-corrected chi connectivity index (χ0v) is 18.3. The highest BCUT2D eigenvalue weighted by Gasteiger charge is 2.19. The molecule has 4 rings (SSSR count). The van der Waals surface area contributed by atoms with Gasteiger partial charge in [0.2, 0.25) is 0 Å². The average molecular weight is 434 g/mol. The van der Waals surface area contributed by atoms with Crippen LogP contribution >= 0.6 is 0 Å². The molecule has 32 heavy (non-hydrogen) atoms. The Hall–Kier alpha value is -3.48. The van der Waals surface area contributed by atoms with E-state index in [9.17, 15) is 0 Å². The van der Waals surface area contributed by atoms with Crippen LogP contribution in [0.2, 0.25) is 0 Å². The van der Waals surface area contributed by atoms with Crippen LogP contribution in [0.25, 0.3) is 11.3 Å². The highest BCUT2D eigenvalue weighted by atomic mass is 16.5. The maximum absolute atomic E-state index is 8.82. The topological polar surface area (TPSA) is 112 Å². The van der Waals surface area contributed by atoms with Gasteiger partial charge >= 0.3 is 0 Å². The predicted molar refractivity (Wildman–Crippen MR) is 121 cm³/mol. The lowest BCUT2D eigenvalue weighted by atomic mass is 10.1. The fraction of sp³-hybridized carbons (Fsp3) is 0.391. The van der Waals surface area contributed by atoms with Crippen molar-refractivity contribution < 1.29 is 9.47 Å². The molecule has 1 aliphatic rings. The number of nitrogens with zero attached hydrogens (tertiary/aromatic N) is 5. The fourth-order valence-electron chi connectivity index (χ4n) is 3.76. The van der Waals surface area contributed by atoms with E-state index in [4.69, 9.17) is 14.7 Å². The molecular weight excluding hydrogens is 406 g/mol. The molecule has 9 heteroatoms. The lowest BCUT2D eigenvalue weighted by molar-refractivity contribution is -0.00149. The van der Waals surface area contributed by atoms with E-state index in [1.165, 1.54) is 12.4 Å². The molecule has 0 spiro atoms. The summed E-state index contributed by atoms with van der Waals surface area (Å²) in [5.74, 6) is 1.85. The van der Waals surface area contributed by atoms with Crippen molar-refractivity contribution in [2.24, 2.45) is 0 Å². The van der Waals surface area contributed by atoms with Gasteiger partial charge in [-0.15, -0.1) is 0 Å². The highest BCUT2D eigenvalue weighted by molar-refractivity contribution is 5.71. The summed E-state index contributed by atoms with van der Waals surface area (Å²) in [6.07, 6.45) is 5.38. The standard InChI is InChI=1S/C23H27N7O2/c1-3-30-8-6-18(7-9-30)32-15-16-4-5-19(21(10-16)31-2)20-11-22(29-28-20)27-23-14-25-17(12-24)13-26-23/h4-5,10-11,13-14,18H,3,6-9,15H2,1-2H3,(H2,26,27,28,29). The smallest absolute Gasteiger partial charge is 0.158 e. The van der Waals surface area contributed by atoms with E-state index in [0.717, 1.165) is 55.0 Å². The molecule has 2 N–H and O–H groups in total. The molecule has 0 bridgehead atoms. The summed E-state index contributed by atoms with van der Waals surface area (Å²) in [5.41, 5.74) is 3.05. The maximum Gasteiger partial charge on any atom is 0.158 e. The first kappa shape index (κ1) is 21.7. The maximum atomic E-state index is 8.82. The van der Waals surface area contributed by atoms with Crippen molar-refractivity contribution in [2.75, 3.05) is 32.1 Å². The number of piperidine rings is 1. The Kier molecular flexibility index (Phi) is 6.94. The number of aromatic nitrogens is 4. The van der Waals surface area contributed by atoms with Crippen molar-refractivity contribution in [3.05, 3.63) is 47.9 Å². The molecule has 3 heterocycles. The third-order valence-corrected chi connectivity index (χ3v) is 5.62. The molecule has 0 amide bonds. The first-order valence-electron chi connectivity index (χ1n) is 10.7. The number of methoxy groups -OCH3 is 1. The molecule has 0 radical (unpaired) electrons. The summed E-state index contributed by atoms with van der Waals surface area (Å²) in [6, 6.07) is 9.89. The number of hydrogen-bond donors (Lipinski definition) is 2. The number of rotatable bonds is 8. The lowest BCUT2D eigenvalue weighted by Crippen LogP contribution is -2.36. The largest absolute Gasteiger partial charge is 0.496 e. The normalized spacial score (nSPS) is 14.8. The fourth-order valence-corrected chi connectivity index (χ4v) is 3.76. The first-order chi connectivity index (χ1) is 15.7. The summed E-state index contributed by atoms with van der Waals surface area (Å²) in [7, 11) is 1.66. The quantitative estimate of drug-likeness (QED) is 0.555. The molecule has 2 aromatic heterocycles. The van der Waals surface area contributed by atoms with Crippen LogP contribution in [0, 0.1) is 11.3 Å². The number of ether oxygens (including phenoxy) is 2. The Labute approximate surface area is 187 Å². The zero-order valence-electron chi connectivity index (χ0n) is 18.3. The summed E-state index contributed by atoms with van der Waals surface area (Å²) >= 11 is 0. The second kappa shape index (κ2) is 10.2. The van der Waals surface area contributed by atoms with Crippen LogP contribution in [0.5, 0.6) is 5.75 Å². The minimum absolute atomic E-state index is 0.262. The van der Waals surface area contributed by atoms with Gasteiger partial charge in [0.15, 0.2) is 11.5 Å². The van der Waals surface area contributed by atoms with Crippen molar-refractivity contribution in [1.82, 2.24) is 25.1 Å². The van der Waals surface area contributed by atoms with Gasteiger partial charge in [0, 0.05) is 24.7 Å². The molecule has 166 valence electrons. The molecule has 1 aliphatic heterocycles.